The summed E-state index contributed by atoms with van der Waals surface area (Å²) in [7, 11) is 1.45. The molecule has 0 saturated carbocycles. The molecule has 11 heteroatoms. The lowest BCUT2D eigenvalue weighted by molar-refractivity contribution is -0.393. The van der Waals surface area contributed by atoms with Crippen LogP contribution in [0.4, 0.5) is 17.1 Å². The molecule has 0 heterocycles. The number of methoxy groups -OCH3 is 1. The third-order valence-electron chi connectivity index (χ3n) is 3.38. The van der Waals surface area contributed by atoms with Crippen molar-refractivity contribution in [1.29, 1.82) is 0 Å². The van der Waals surface area contributed by atoms with Crippen LogP contribution >= 0.6 is 11.6 Å². The molecular weight excluding hydrogens is 392 g/mol. The van der Waals surface area contributed by atoms with Crippen LogP contribution in [0.15, 0.2) is 48.1 Å². The fourth-order valence-electron chi connectivity index (χ4n) is 2.15. The first kappa shape index (κ1) is 20.6. The number of hydrazone groups is 1. The average Bonchev–Trinajstić information content (AvgIpc) is 2.66. The molecule has 2 aromatic rings. The van der Waals surface area contributed by atoms with E-state index < -0.39 is 21.2 Å². The Kier molecular flexibility index (Phi) is 6.88. The van der Waals surface area contributed by atoms with Gasteiger partial charge in [0.2, 0.25) is 0 Å². The lowest BCUT2D eigenvalue weighted by Gasteiger charge is -2.11. The van der Waals surface area contributed by atoms with Crippen LogP contribution in [-0.2, 0) is 0 Å². The number of benzene rings is 2. The zero-order chi connectivity index (χ0) is 20.7. The highest BCUT2D eigenvalue weighted by molar-refractivity contribution is 6.32. The maximum absolute atomic E-state index is 11.1. The van der Waals surface area contributed by atoms with Crippen molar-refractivity contribution >= 4 is 34.9 Å². The molecule has 0 aliphatic carbocycles. The Hall–Kier alpha value is -3.66. The molecule has 10 nitrogen and oxygen atoms in total. The van der Waals surface area contributed by atoms with Crippen molar-refractivity contribution in [2.24, 2.45) is 5.10 Å². The monoisotopic (exact) mass is 406 g/mol. The molecule has 0 bridgehead atoms. The number of nitrogens with zero attached hydrogens (tertiary/aromatic N) is 3. The zero-order valence-electron chi connectivity index (χ0n) is 14.6. The number of nitro benzene ring substituents is 2. The van der Waals surface area contributed by atoms with Gasteiger partial charge in [0.15, 0.2) is 11.5 Å². The van der Waals surface area contributed by atoms with Gasteiger partial charge in [-0.3, -0.25) is 25.7 Å². The van der Waals surface area contributed by atoms with Gasteiger partial charge in [0.25, 0.3) is 5.69 Å². The smallest absolute Gasteiger partial charge is 0.301 e. The number of non-ortho nitro benzene ring substituents is 1. The van der Waals surface area contributed by atoms with E-state index in [1.807, 2.05) is 0 Å². The summed E-state index contributed by atoms with van der Waals surface area (Å²) in [6, 6.07) is 6.37. The van der Waals surface area contributed by atoms with Gasteiger partial charge >= 0.3 is 5.69 Å². The van der Waals surface area contributed by atoms with Crippen molar-refractivity contribution in [3.63, 3.8) is 0 Å². The Bertz CT molecular complexity index is 947. The van der Waals surface area contributed by atoms with Crippen molar-refractivity contribution in [2.45, 2.75) is 0 Å². The normalized spacial score (nSPS) is 10.5. The minimum Gasteiger partial charge on any atom is -0.493 e. The van der Waals surface area contributed by atoms with E-state index in [2.05, 4.69) is 17.1 Å². The Morgan fingerprint density at radius 1 is 1.25 bits per heavy atom. The second-order valence-corrected chi connectivity index (χ2v) is 5.63. The van der Waals surface area contributed by atoms with Gasteiger partial charge in [-0.15, -0.1) is 0 Å². The zero-order valence-corrected chi connectivity index (χ0v) is 15.4. The molecular formula is C17H15ClN4O6. The first-order valence-electron chi connectivity index (χ1n) is 7.70. The summed E-state index contributed by atoms with van der Waals surface area (Å²) < 4.78 is 10.7. The van der Waals surface area contributed by atoms with Crippen molar-refractivity contribution in [3.8, 4) is 11.5 Å². The molecule has 0 unspecified atom stereocenters. The predicted octanol–water partition coefficient (Wildman–Crippen LogP) is 4.18. The van der Waals surface area contributed by atoms with Crippen LogP contribution in [-0.4, -0.2) is 29.8 Å². The highest BCUT2D eigenvalue weighted by Gasteiger charge is 2.19. The van der Waals surface area contributed by atoms with Crippen molar-refractivity contribution in [3.05, 3.63) is 73.8 Å². The predicted molar refractivity (Wildman–Crippen MR) is 105 cm³/mol. The molecule has 0 atom stereocenters. The summed E-state index contributed by atoms with van der Waals surface area (Å²) in [4.78, 5) is 20.4. The van der Waals surface area contributed by atoms with Gasteiger partial charge in [-0.25, -0.2) is 0 Å². The Labute approximate surface area is 164 Å². The molecule has 28 heavy (non-hydrogen) atoms. The lowest BCUT2D eigenvalue weighted by Crippen LogP contribution is -2.00. The Morgan fingerprint density at radius 2 is 2.00 bits per heavy atom. The Morgan fingerprint density at radius 3 is 2.61 bits per heavy atom. The summed E-state index contributed by atoms with van der Waals surface area (Å²) >= 11 is 6.18. The van der Waals surface area contributed by atoms with Crippen LogP contribution in [0, 0.1) is 20.2 Å². The maximum Gasteiger partial charge on any atom is 0.301 e. The summed E-state index contributed by atoms with van der Waals surface area (Å²) in [5, 5.41) is 26.1. The van der Waals surface area contributed by atoms with Crippen molar-refractivity contribution in [1.82, 2.24) is 0 Å². The fourth-order valence-corrected chi connectivity index (χ4v) is 2.43. The molecule has 146 valence electrons. The second kappa shape index (κ2) is 9.33. The van der Waals surface area contributed by atoms with E-state index in [1.54, 1.807) is 18.2 Å². The molecule has 0 fully saturated rings. The van der Waals surface area contributed by atoms with E-state index in [0.29, 0.717) is 17.1 Å². The van der Waals surface area contributed by atoms with Crippen LogP contribution < -0.4 is 14.9 Å². The number of anilines is 1. The summed E-state index contributed by atoms with van der Waals surface area (Å²) in [5.74, 6) is 0.720. The highest BCUT2D eigenvalue weighted by Crippen LogP contribution is 2.36. The third kappa shape index (κ3) is 4.95. The topological polar surface area (TPSA) is 129 Å². The van der Waals surface area contributed by atoms with Gasteiger partial charge in [0.1, 0.15) is 12.3 Å². The molecule has 0 spiro atoms. The maximum atomic E-state index is 11.1. The minimum atomic E-state index is -0.740. The first-order chi connectivity index (χ1) is 13.4. The number of nitro groups is 2. The van der Waals surface area contributed by atoms with E-state index in [0.717, 1.165) is 12.1 Å². The Balaban J connectivity index is 2.25. The van der Waals surface area contributed by atoms with Crippen LogP contribution in [0.1, 0.15) is 5.56 Å². The average molecular weight is 407 g/mol. The summed E-state index contributed by atoms with van der Waals surface area (Å²) in [6.07, 6.45) is 2.92. The van der Waals surface area contributed by atoms with Crippen molar-refractivity contribution < 1.29 is 19.3 Å². The van der Waals surface area contributed by atoms with E-state index in [9.17, 15) is 20.2 Å². The molecule has 0 amide bonds. The molecule has 0 aromatic heterocycles. The number of nitrogens with one attached hydrogen (secondary N) is 1. The third-order valence-corrected chi connectivity index (χ3v) is 3.67. The minimum absolute atomic E-state index is 0.00384. The standard InChI is InChI=1S/C17H15ClN4O6/c1-3-6-28-17-13(18)7-11(8-16(17)27-2)10-19-20-14-5-4-12(21(23)24)9-15(14)22(25)26/h3-5,7-10,20H,1,6H2,2H3/b19-10+. The van der Waals surface area contributed by atoms with Crippen LogP contribution in [0.25, 0.3) is 0 Å². The molecule has 1 N–H and O–H groups in total. The van der Waals surface area contributed by atoms with Crippen LogP contribution in [0.5, 0.6) is 11.5 Å². The summed E-state index contributed by atoms with van der Waals surface area (Å²) in [5.41, 5.74) is 2.15. The van der Waals surface area contributed by atoms with E-state index in [-0.39, 0.29) is 17.3 Å². The first-order valence-corrected chi connectivity index (χ1v) is 8.08. The van der Waals surface area contributed by atoms with Gasteiger partial charge in [-0.1, -0.05) is 24.3 Å². The van der Waals surface area contributed by atoms with Crippen LogP contribution in [0.2, 0.25) is 5.02 Å². The summed E-state index contributed by atoms with van der Waals surface area (Å²) in [6.45, 7) is 3.80. The highest BCUT2D eigenvalue weighted by atomic mass is 35.5. The van der Waals surface area contributed by atoms with Gasteiger partial charge in [0.05, 0.1) is 34.3 Å². The SMILES string of the molecule is C=CCOc1c(Cl)cc(/C=N/Nc2ccc([N+](=O)[O-])cc2[N+](=O)[O-])cc1OC. The van der Waals surface area contributed by atoms with E-state index in [1.165, 1.54) is 19.4 Å². The molecule has 2 rings (SSSR count). The van der Waals surface area contributed by atoms with Gasteiger partial charge < -0.3 is 9.47 Å². The van der Waals surface area contributed by atoms with Crippen LogP contribution in [0.3, 0.4) is 0 Å². The number of halogens is 1. The quantitative estimate of drug-likeness (QED) is 0.286. The molecule has 0 aliphatic heterocycles. The lowest BCUT2D eigenvalue weighted by atomic mass is 10.2. The number of rotatable bonds is 9. The fraction of sp³-hybridized carbons (Fsp3) is 0.118. The largest absolute Gasteiger partial charge is 0.493 e. The number of hydrogen-bond donors (Lipinski definition) is 1. The molecule has 0 aliphatic rings. The van der Waals surface area contributed by atoms with E-state index in [4.69, 9.17) is 21.1 Å². The molecule has 2 aromatic carbocycles. The molecule has 0 radical (unpaired) electrons. The van der Waals surface area contributed by atoms with Gasteiger partial charge in [0, 0.05) is 6.07 Å². The van der Waals surface area contributed by atoms with E-state index >= 15 is 0 Å². The number of ether oxygens (including phenoxy) is 2. The van der Waals surface area contributed by atoms with Gasteiger partial charge in [-0.2, -0.15) is 5.10 Å². The van der Waals surface area contributed by atoms with Gasteiger partial charge in [-0.05, 0) is 23.8 Å². The van der Waals surface area contributed by atoms with Crippen molar-refractivity contribution in [2.75, 3.05) is 19.1 Å². The molecule has 0 saturated heterocycles. The number of hydrogen-bond acceptors (Lipinski definition) is 8. The second-order valence-electron chi connectivity index (χ2n) is 5.22.